The van der Waals surface area contributed by atoms with E-state index in [0.29, 0.717) is 0 Å². The van der Waals surface area contributed by atoms with Crippen LogP contribution in [0.5, 0.6) is 0 Å². The van der Waals surface area contributed by atoms with Crippen LogP contribution in [0, 0.1) is 11.3 Å². The minimum Gasteiger partial charge on any atom is -0.447 e. The monoisotopic (exact) mass is 274 g/mol. The van der Waals surface area contributed by atoms with Crippen LogP contribution in [0.3, 0.4) is 0 Å². The Hall–Kier alpha value is -1.62. The van der Waals surface area contributed by atoms with Gasteiger partial charge in [-0.05, 0) is 18.2 Å². The Kier molecular flexibility index (Phi) is 4.07. The number of nitrogens with zero attached hydrogens (tertiary/aromatic N) is 1. The summed E-state index contributed by atoms with van der Waals surface area (Å²) in [5, 5.41) is 13.2. The molecular weight excluding hydrogens is 268 g/mol. The van der Waals surface area contributed by atoms with Crippen LogP contribution in [0.1, 0.15) is 10.4 Å². The van der Waals surface area contributed by atoms with Crippen LogP contribution in [0.25, 0.3) is 0 Å². The van der Waals surface area contributed by atoms with Gasteiger partial charge in [-0.1, -0.05) is 11.6 Å². The fourth-order valence-electron chi connectivity index (χ4n) is 1.01. The van der Waals surface area contributed by atoms with Crippen molar-refractivity contribution in [1.29, 1.82) is 5.26 Å². The molecule has 17 heavy (non-hydrogen) atoms. The van der Waals surface area contributed by atoms with Gasteiger partial charge in [-0.25, -0.2) is 18.4 Å². The molecule has 2 N–H and O–H groups in total. The first-order chi connectivity index (χ1) is 7.86. The Morgan fingerprint density at radius 3 is 2.71 bits per heavy atom. The van der Waals surface area contributed by atoms with E-state index in [0.717, 1.165) is 6.07 Å². The van der Waals surface area contributed by atoms with Gasteiger partial charge in [0.25, 0.3) is 0 Å². The average molecular weight is 275 g/mol. The predicted molar refractivity (Wildman–Crippen MR) is 58.7 cm³/mol. The normalized spacial score (nSPS) is 10.6. The van der Waals surface area contributed by atoms with E-state index in [1.807, 2.05) is 0 Å². The summed E-state index contributed by atoms with van der Waals surface area (Å²) < 4.78 is 26.6. The van der Waals surface area contributed by atoms with Crippen LogP contribution >= 0.6 is 11.6 Å². The van der Waals surface area contributed by atoms with Crippen LogP contribution in [0.2, 0.25) is 5.02 Å². The zero-order chi connectivity index (χ0) is 13.1. The molecule has 0 aliphatic heterocycles. The summed E-state index contributed by atoms with van der Waals surface area (Å²) >= 11 is 5.70. The van der Waals surface area contributed by atoms with Gasteiger partial charge in [0.1, 0.15) is 6.07 Å². The van der Waals surface area contributed by atoms with Crippen LogP contribution in [-0.4, -0.2) is 21.0 Å². The lowest BCUT2D eigenvalue weighted by molar-refractivity contribution is 0.0555. The Balaban J connectivity index is 3.16. The number of nitriles is 1. The second-order valence-corrected chi connectivity index (χ2v) is 4.89. The van der Waals surface area contributed by atoms with Crippen LogP contribution < -0.4 is 5.14 Å². The number of esters is 1. The zero-order valence-corrected chi connectivity index (χ0v) is 9.96. The van der Waals surface area contributed by atoms with E-state index < -0.39 is 22.6 Å². The van der Waals surface area contributed by atoms with E-state index >= 15 is 0 Å². The molecule has 0 spiro atoms. The van der Waals surface area contributed by atoms with Crippen molar-refractivity contribution in [2.45, 2.75) is 4.90 Å². The summed E-state index contributed by atoms with van der Waals surface area (Å²) in [5.74, 6) is -0.887. The van der Waals surface area contributed by atoms with E-state index in [1.165, 1.54) is 12.1 Å². The third-order valence-electron chi connectivity index (χ3n) is 1.75. The number of carbonyl (C=O) groups excluding carboxylic acids is 1. The van der Waals surface area contributed by atoms with Crippen molar-refractivity contribution in [3.05, 3.63) is 28.8 Å². The Bertz CT molecular complexity index is 592. The maximum atomic E-state index is 11.4. The lowest BCUT2D eigenvalue weighted by atomic mass is 10.2. The molecule has 0 heterocycles. The second kappa shape index (κ2) is 5.14. The topological polar surface area (TPSA) is 110 Å². The number of carbonyl (C=O) groups is 1. The predicted octanol–water partition coefficient (Wildman–Crippen LogP) is 0.668. The first kappa shape index (κ1) is 13.4. The van der Waals surface area contributed by atoms with Gasteiger partial charge < -0.3 is 4.74 Å². The van der Waals surface area contributed by atoms with E-state index in [2.05, 4.69) is 4.74 Å². The van der Waals surface area contributed by atoms with Gasteiger partial charge in [-0.3, -0.25) is 0 Å². The SMILES string of the molecule is N#CCOC(=O)c1cc(S(N)(=O)=O)ccc1Cl. The molecule has 1 aromatic carbocycles. The number of ether oxygens (including phenoxy) is 1. The van der Waals surface area contributed by atoms with E-state index in [9.17, 15) is 13.2 Å². The summed E-state index contributed by atoms with van der Waals surface area (Å²) in [5.41, 5.74) is -0.159. The van der Waals surface area contributed by atoms with Crippen molar-refractivity contribution in [1.82, 2.24) is 0 Å². The highest BCUT2D eigenvalue weighted by Gasteiger charge is 2.16. The summed E-state index contributed by atoms with van der Waals surface area (Å²) in [4.78, 5) is 11.2. The van der Waals surface area contributed by atoms with Crippen molar-refractivity contribution in [2.24, 2.45) is 5.14 Å². The Labute approximate surface area is 103 Å². The Morgan fingerprint density at radius 1 is 1.53 bits per heavy atom. The molecule has 0 fully saturated rings. The molecular formula is C9H7ClN2O4S. The number of benzene rings is 1. The summed E-state index contributed by atoms with van der Waals surface area (Å²) in [6, 6.07) is 4.98. The molecule has 1 aromatic rings. The number of rotatable bonds is 3. The van der Waals surface area contributed by atoms with Gasteiger partial charge in [-0.2, -0.15) is 5.26 Å². The molecule has 0 radical (unpaired) electrons. The number of sulfonamides is 1. The van der Waals surface area contributed by atoms with Gasteiger partial charge in [0.05, 0.1) is 15.5 Å². The molecule has 0 aromatic heterocycles. The molecule has 6 nitrogen and oxygen atoms in total. The molecule has 0 atom stereocenters. The number of halogens is 1. The lowest BCUT2D eigenvalue weighted by Crippen LogP contribution is -2.14. The maximum absolute atomic E-state index is 11.4. The molecule has 90 valence electrons. The van der Waals surface area contributed by atoms with Gasteiger partial charge in [0.15, 0.2) is 6.61 Å². The molecule has 0 aliphatic carbocycles. The fourth-order valence-corrected chi connectivity index (χ4v) is 1.75. The number of nitrogens with two attached hydrogens (primary N) is 1. The molecule has 0 amide bonds. The van der Waals surface area contributed by atoms with E-state index in [1.54, 1.807) is 6.07 Å². The third-order valence-corrected chi connectivity index (χ3v) is 2.99. The molecule has 0 saturated carbocycles. The van der Waals surface area contributed by atoms with Crippen molar-refractivity contribution >= 4 is 27.6 Å². The average Bonchev–Trinajstić information content (AvgIpc) is 2.24. The van der Waals surface area contributed by atoms with Crippen molar-refractivity contribution < 1.29 is 17.9 Å². The van der Waals surface area contributed by atoms with E-state index in [4.69, 9.17) is 22.0 Å². The van der Waals surface area contributed by atoms with E-state index in [-0.39, 0.29) is 15.5 Å². The van der Waals surface area contributed by atoms with Gasteiger partial charge >= 0.3 is 5.97 Å². The molecule has 8 heteroatoms. The van der Waals surface area contributed by atoms with Crippen LogP contribution in [0.15, 0.2) is 23.1 Å². The highest BCUT2D eigenvalue weighted by atomic mass is 35.5. The van der Waals surface area contributed by atoms with Crippen molar-refractivity contribution in [3.63, 3.8) is 0 Å². The molecule has 0 unspecified atom stereocenters. The molecule has 0 bridgehead atoms. The minimum atomic E-state index is -3.93. The standard InChI is InChI=1S/C9H7ClN2O4S/c10-8-2-1-6(17(12,14)15)5-7(8)9(13)16-4-3-11/h1-2,5H,4H2,(H2,12,14,15). The number of hydrogen-bond acceptors (Lipinski definition) is 5. The molecule has 1 rings (SSSR count). The first-order valence-electron chi connectivity index (χ1n) is 4.22. The highest BCUT2D eigenvalue weighted by molar-refractivity contribution is 7.89. The van der Waals surface area contributed by atoms with Crippen LogP contribution in [0.4, 0.5) is 0 Å². The van der Waals surface area contributed by atoms with Gasteiger partial charge in [-0.15, -0.1) is 0 Å². The van der Waals surface area contributed by atoms with Gasteiger partial charge in [0.2, 0.25) is 10.0 Å². The van der Waals surface area contributed by atoms with Crippen LogP contribution in [-0.2, 0) is 14.8 Å². The molecule has 0 aliphatic rings. The summed E-state index contributed by atoms with van der Waals surface area (Å²) in [6.45, 7) is -0.450. The maximum Gasteiger partial charge on any atom is 0.340 e. The quantitative estimate of drug-likeness (QED) is 0.814. The summed E-state index contributed by atoms with van der Waals surface area (Å²) in [6.07, 6.45) is 0. The van der Waals surface area contributed by atoms with Gasteiger partial charge in [0, 0.05) is 0 Å². The zero-order valence-electron chi connectivity index (χ0n) is 8.38. The highest BCUT2D eigenvalue weighted by Crippen LogP contribution is 2.20. The third kappa shape index (κ3) is 3.42. The minimum absolute atomic E-state index is 0.0142. The van der Waals surface area contributed by atoms with Crippen molar-refractivity contribution in [3.8, 4) is 6.07 Å². The molecule has 0 saturated heterocycles. The first-order valence-corrected chi connectivity index (χ1v) is 6.15. The second-order valence-electron chi connectivity index (χ2n) is 2.92. The Morgan fingerprint density at radius 2 is 2.18 bits per heavy atom. The number of hydrogen-bond donors (Lipinski definition) is 1. The summed E-state index contributed by atoms with van der Waals surface area (Å²) in [7, 11) is -3.93. The fraction of sp³-hybridized carbons (Fsp3) is 0.111. The smallest absolute Gasteiger partial charge is 0.340 e. The lowest BCUT2D eigenvalue weighted by Gasteiger charge is -2.05. The largest absolute Gasteiger partial charge is 0.447 e. The number of primary sulfonamides is 1. The van der Waals surface area contributed by atoms with Crippen molar-refractivity contribution in [2.75, 3.05) is 6.61 Å².